The molecule has 0 atom stereocenters. The molecule has 172 valence electrons. The summed E-state index contributed by atoms with van der Waals surface area (Å²) in [5, 5.41) is 11.0. The molecule has 4 N–H and O–H groups in total. The van der Waals surface area contributed by atoms with Crippen LogP contribution < -0.4 is 5.30 Å². The third kappa shape index (κ3) is 3.90. The SMILES string of the molecule is O=P(O)(O)c1c(-c2ccccc2)c2cc3nc(cc4ccc(cc5nc(cc1n2O)C=C5)[nH]4)C=C3. The van der Waals surface area contributed by atoms with Gasteiger partial charge >= 0.3 is 7.60 Å². The van der Waals surface area contributed by atoms with Crippen molar-refractivity contribution in [3.05, 3.63) is 89.5 Å². The van der Waals surface area contributed by atoms with Crippen LogP contribution in [-0.4, -0.2) is 34.7 Å². The summed E-state index contributed by atoms with van der Waals surface area (Å²) in [7, 11) is -4.83. The average molecular weight is 482 g/mol. The molecule has 8 bridgehead atoms. The third-order valence-corrected chi connectivity index (χ3v) is 6.85. The number of hydrogen-bond donors (Lipinski definition) is 4. The molecule has 0 spiro atoms. The minimum absolute atomic E-state index is 0.0410. The van der Waals surface area contributed by atoms with Crippen molar-refractivity contribution < 1.29 is 19.6 Å². The summed E-state index contributed by atoms with van der Waals surface area (Å²) < 4.78 is 13.6. The van der Waals surface area contributed by atoms with Gasteiger partial charge in [-0.3, -0.25) is 4.57 Å². The molecule has 9 heteroatoms. The van der Waals surface area contributed by atoms with Crippen LogP contribution in [-0.2, 0) is 4.57 Å². The Morgan fingerprint density at radius 3 is 1.77 bits per heavy atom. The Balaban J connectivity index is 1.82. The number of nitrogens with one attached hydrogen (secondary N) is 1. The lowest BCUT2D eigenvalue weighted by atomic mass is 10.1. The van der Waals surface area contributed by atoms with Gasteiger partial charge < -0.3 is 20.0 Å². The average Bonchev–Trinajstić information content (AvgIpc) is 3.60. The van der Waals surface area contributed by atoms with Gasteiger partial charge in [-0.1, -0.05) is 30.3 Å². The zero-order valence-corrected chi connectivity index (χ0v) is 19.1. The largest absolute Gasteiger partial charge is 0.428 e. The van der Waals surface area contributed by atoms with Crippen LogP contribution in [0.5, 0.6) is 0 Å². The van der Waals surface area contributed by atoms with Gasteiger partial charge in [-0.25, -0.2) is 9.97 Å². The predicted octanol–water partition coefficient (Wildman–Crippen LogP) is 4.84. The zero-order valence-electron chi connectivity index (χ0n) is 18.2. The maximum atomic E-state index is 12.8. The lowest BCUT2D eigenvalue weighted by molar-refractivity contribution is 0.212. The van der Waals surface area contributed by atoms with E-state index in [1.54, 1.807) is 48.6 Å². The molecule has 0 radical (unpaired) electrons. The number of rotatable bonds is 2. The molecule has 0 aliphatic carbocycles. The molecule has 1 aromatic carbocycles. The number of H-pyrrole nitrogens is 1. The monoisotopic (exact) mass is 482 g/mol. The summed E-state index contributed by atoms with van der Waals surface area (Å²) >= 11 is 0. The molecule has 3 aromatic heterocycles. The standard InChI is InChI=1S/C26H19N4O4P/c31-30-23-14-21-10-8-19(28-21)12-17-6-7-18(27-17)13-20-9-11-22(29-20)15-24(30)26(35(32,33)34)25(23)16-4-2-1-3-5-16/h1-15,27,31H,(H2,32,33,34). The summed E-state index contributed by atoms with van der Waals surface area (Å²) in [5.41, 5.74) is 5.01. The first-order valence-corrected chi connectivity index (χ1v) is 12.4. The number of fused-ring (bicyclic) bond motifs is 8. The van der Waals surface area contributed by atoms with E-state index in [0.29, 0.717) is 28.3 Å². The van der Waals surface area contributed by atoms with E-state index in [9.17, 15) is 19.6 Å². The summed E-state index contributed by atoms with van der Waals surface area (Å²) in [5.74, 6) is 0. The molecule has 0 unspecified atom stereocenters. The summed E-state index contributed by atoms with van der Waals surface area (Å²) in [6, 6.07) is 19.6. The van der Waals surface area contributed by atoms with Gasteiger partial charge in [0.1, 0.15) is 5.30 Å². The van der Waals surface area contributed by atoms with Crippen molar-refractivity contribution in [3.63, 3.8) is 0 Å². The molecule has 35 heavy (non-hydrogen) atoms. The van der Waals surface area contributed by atoms with Gasteiger partial charge in [0.05, 0.1) is 33.8 Å². The minimum atomic E-state index is -4.83. The van der Waals surface area contributed by atoms with Crippen molar-refractivity contribution in [2.24, 2.45) is 0 Å². The van der Waals surface area contributed by atoms with Crippen LogP contribution in [0.1, 0.15) is 22.8 Å². The van der Waals surface area contributed by atoms with Crippen LogP contribution in [0.4, 0.5) is 0 Å². The van der Waals surface area contributed by atoms with Crippen molar-refractivity contribution in [1.29, 1.82) is 0 Å². The Morgan fingerprint density at radius 1 is 0.714 bits per heavy atom. The first kappa shape index (κ1) is 21.3. The van der Waals surface area contributed by atoms with Crippen molar-refractivity contribution in [3.8, 4) is 11.1 Å². The van der Waals surface area contributed by atoms with Gasteiger partial charge in [0.15, 0.2) is 0 Å². The van der Waals surface area contributed by atoms with Crippen LogP contribution >= 0.6 is 7.60 Å². The second kappa shape index (κ2) is 7.92. The Bertz CT molecular complexity index is 1760. The molecule has 5 heterocycles. The topological polar surface area (TPSA) is 124 Å². The number of benzene rings is 1. The van der Waals surface area contributed by atoms with Gasteiger partial charge in [-0.2, -0.15) is 4.73 Å². The molecule has 0 saturated carbocycles. The van der Waals surface area contributed by atoms with E-state index in [4.69, 9.17) is 0 Å². The van der Waals surface area contributed by atoms with Gasteiger partial charge in [-0.05, 0) is 66.3 Å². The fourth-order valence-corrected chi connectivity index (χ4v) is 5.33. The van der Waals surface area contributed by atoms with Crippen LogP contribution in [0.25, 0.3) is 57.5 Å². The van der Waals surface area contributed by atoms with Crippen molar-refractivity contribution >= 4 is 59.3 Å². The first-order chi connectivity index (χ1) is 16.8. The highest BCUT2D eigenvalue weighted by atomic mass is 31.2. The quantitative estimate of drug-likeness (QED) is 0.207. The van der Waals surface area contributed by atoms with Gasteiger partial charge in [0.25, 0.3) is 0 Å². The van der Waals surface area contributed by atoms with Crippen molar-refractivity contribution in [1.82, 2.24) is 19.7 Å². The van der Waals surface area contributed by atoms with Crippen molar-refractivity contribution in [2.45, 2.75) is 0 Å². The maximum absolute atomic E-state index is 12.8. The minimum Gasteiger partial charge on any atom is -0.428 e. The van der Waals surface area contributed by atoms with Crippen LogP contribution in [0.15, 0.2) is 66.7 Å². The molecule has 2 aliphatic rings. The Morgan fingerprint density at radius 2 is 1.23 bits per heavy atom. The van der Waals surface area contributed by atoms with E-state index in [2.05, 4.69) is 15.0 Å². The highest BCUT2D eigenvalue weighted by Crippen LogP contribution is 2.43. The van der Waals surface area contributed by atoms with E-state index in [-0.39, 0.29) is 21.9 Å². The molecule has 2 aliphatic heterocycles. The number of aromatic amines is 1. The number of hydrogen-bond acceptors (Lipinski definition) is 4. The fraction of sp³-hybridized carbons (Fsp3) is 0. The van der Waals surface area contributed by atoms with Gasteiger partial charge in [-0.15, -0.1) is 0 Å². The summed E-state index contributed by atoms with van der Waals surface area (Å²) in [6.07, 6.45) is 7.15. The Hall–Kier alpha value is -4.23. The predicted molar refractivity (Wildman–Crippen MR) is 137 cm³/mol. The summed E-state index contributed by atoms with van der Waals surface area (Å²) in [6.45, 7) is 0. The molecular formula is C26H19N4O4P. The molecule has 0 saturated heterocycles. The smallest absolute Gasteiger partial charge is 0.359 e. The second-order valence-corrected chi connectivity index (χ2v) is 9.79. The van der Waals surface area contributed by atoms with E-state index in [1.165, 1.54) is 6.07 Å². The Kier molecular flexibility index (Phi) is 4.82. The second-order valence-electron chi connectivity index (χ2n) is 8.25. The lowest BCUT2D eigenvalue weighted by Crippen LogP contribution is -2.06. The maximum Gasteiger partial charge on any atom is 0.359 e. The highest BCUT2D eigenvalue weighted by Gasteiger charge is 2.30. The molecular weight excluding hydrogens is 463 g/mol. The van der Waals surface area contributed by atoms with Crippen LogP contribution in [0.2, 0.25) is 0 Å². The van der Waals surface area contributed by atoms with E-state index >= 15 is 0 Å². The first-order valence-electron chi connectivity index (χ1n) is 10.8. The molecule has 0 fully saturated rings. The molecule has 4 aromatic rings. The van der Waals surface area contributed by atoms with Gasteiger partial charge in [0.2, 0.25) is 0 Å². The third-order valence-electron chi connectivity index (χ3n) is 5.82. The Labute approximate surface area is 199 Å². The normalized spacial score (nSPS) is 12.9. The number of aromatic nitrogens is 4. The number of nitrogens with zero attached hydrogens (tertiary/aromatic N) is 3. The van der Waals surface area contributed by atoms with Crippen LogP contribution in [0, 0.1) is 0 Å². The molecule has 6 rings (SSSR count). The van der Waals surface area contributed by atoms with E-state index < -0.39 is 7.60 Å². The molecule has 0 amide bonds. The summed E-state index contributed by atoms with van der Waals surface area (Å²) in [4.78, 5) is 33.2. The van der Waals surface area contributed by atoms with E-state index in [1.807, 2.05) is 36.4 Å². The molecule has 8 nitrogen and oxygen atoms in total. The van der Waals surface area contributed by atoms with Gasteiger partial charge in [0, 0.05) is 16.6 Å². The highest BCUT2D eigenvalue weighted by molar-refractivity contribution is 7.61. The van der Waals surface area contributed by atoms with Crippen molar-refractivity contribution in [2.75, 3.05) is 0 Å². The fourth-order valence-electron chi connectivity index (χ4n) is 4.34. The van der Waals surface area contributed by atoms with Crippen LogP contribution in [0.3, 0.4) is 0 Å². The zero-order chi connectivity index (χ0) is 24.2. The van der Waals surface area contributed by atoms with E-state index in [0.717, 1.165) is 15.8 Å². The lowest BCUT2D eigenvalue weighted by Gasteiger charge is -2.07.